The van der Waals surface area contributed by atoms with E-state index in [4.69, 9.17) is 4.74 Å². The Kier molecular flexibility index (Phi) is 5.40. The van der Waals surface area contributed by atoms with Crippen LogP contribution in [0.5, 0.6) is 17.2 Å². The summed E-state index contributed by atoms with van der Waals surface area (Å²) < 4.78 is 4.81. The molecule has 0 saturated carbocycles. The number of nitro groups is 1. The fraction of sp³-hybridized carbons (Fsp3) is 0.0588. The topological polar surface area (TPSA) is 149 Å². The Bertz CT molecular complexity index is 929. The first-order valence-corrected chi connectivity index (χ1v) is 7.11. The highest BCUT2D eigenvalue weighted by Crippen LogP contribution is 2.33. The molecule has 1 amide bonds. The Balaban J connectivity index is 2.40. The lowest BCUT2D eigenvalue weighted by Crippen LogP contribution is -2.13. The molecule has 0 aliphatic rings. The maximum atomic E-state index is 12.2. The molecular formula is C17H12N3O6-. The van der Waals surface area contributed by atoms with E-state index >= 15 is 0 Å². The second kappa shape index (κ2) is 7.67. The second-order valence-corrected chi connectivity index (χ2v) is 4.99. The number of phenols is 1. The van der Waals surface area contributed by atoms with Crippen molar-refractivity contribution < 1.29 is 24.7 Å². The van der Waals surface area contributed by atoms with Crippen molar-refractivity contribution in [3.05, 3.63) is 57.6 Å². The van der Waals surface area contributed by atoms with Gasteiger partial charge in [0.1, 0.15) is 23.1 Å². The summed E-state index contributed by atoms with van der Waals surface area (Å²) in [7, 11) is 1.18. The van der Waals surface area contributed by atoms with Crippen molar-refractivity contribution >= 4 is 23.4 Å². The molecule has 26 heavy (non-hydrogen) atoms. The number of rotatable bonds is 5. The molecule has 0 aliphatic heterocycles. The number of amides is 1. The lowest BCUT2D eigenvalue weighted by atomic mass is 10.1. The van der Waals surface area contributed by atoms with Gasteiger partial charge in [-0.25, -0.2) is 0 Å². The van der Waals surface area contributed by atoms with Gasteiger partial charge in [0.15, 0.2) is 0 Å². The number of hydrogen-bond acceptors (Lipinski definition) is 7. The quantitative estimate of drug-likeness (QED) is 0.274. The van der Waals surface area contributed by atoms with E-state index in [1.54, 1.807) is 6.07 Å². The van der Waals surface area contributed by atoms with Crippen LogP contribution in [0.2, 0.25) is 0 Å². The molecule has 0 saturated heterocycles. The molecule has 0 fully saturated rings. The third-order valence-corrected chi connectivity index (χ3v) is 3.29. The van der Waals surface area contributed by atoms with Gasteiger partial charge in [0.25, 0.3) is 11.6 Å². The number of hydrogen-bond donors (Lipinski definition) is 2. The van der Waals surface area contributed by atoms with Gasteiger partial charge in [0.2, 0.25) is 0 Å². The highest BCUT2D eigenvalue weighted by molar-refractivity contribution is 6.09. The predicted octanol–water partition coefficient (Wildman–Crippen LogP) is 1.93. The lowest BCUT2D eigenvalue weighted by molar-refractivity contribution is -0.385. The molecule has 0 radical (unpaired) electrons. The van der Waals surface area contributed by atoms with Crippen LogP contribution >= 0.6 is 0 Å². The monoisotopic (exact) mass is 354 g/mol. The standard InChI is InChI=1S/C17H13N3O6/c1-26-15-8-13(20(24)25)7-10(16(15)22)6-11(9-18)17(23)19-12-2-4-14(21)5-3-12/h2-8,21-22H,1H3,(H,19,23)/p-1/b11-6-. The molecule has 2 N–H and O–H groups in total. The summed E-state index contributed by atoms with van der Waals surface area (Å²) in [5.74, 6) is -1.79. The molecule has 0 aromatic heterocycles. The largest absolute Gasteiger partial charge is 0.870 e. The van der Waals surface area contributed by atoms with Gasteiger partial charge in [-0.3, -0.25) is 14.9 Å². The van der Waals surface area contributed by atoms with Crippen molar-refractivity contribution in [1.82, 2.24) is 0 Å². The smallest absolute Gasteiger partial charge is 0.273 e. The van der Waals surface area contributed by atoms with Gasteiger partial charge in [-0.1, -0.05) is 5.75 Å². The van der Waals surface area contributed by atoms with Gasteiger partial charge >= 0.3 is 0 Å². The van der Waals surface area contributed by atoms with E-state index in [0.29, 0.717) is 5.69 Å². The Morgan fingerprint density at radius 1 is 1.35 bits per heavy atom. The molecule has 0 aliphatic carbocycles. The van der Waals surface area contributed by atoms with Crippen LogP contribution in [0.15, 0.2) is 42.0 Å². The number of carbonyl (C=O) groups is 1. The van der Waals surface area contributed by atoms with Crippen LogP contribution in [0.25, 0.3) is 6.08 Å². The number of carbonyl (C=O) groups excluding carboxylic acids is 1. The lowest BCUT2D eigenvalue weighted by Gasteiger charge is -2.15. The molecule has 0 bridgehead atoms. The highest BCUT2D eigenvalue weighted by atomic mass is 16.6. The minimum Gasteiger partial charge on any atom is -0.870 e. The number of ether oxygens (including phenoxy) is 1. The first-order chi connectivity index (χ1) is 12.3. The summed E-state index contributed by atoms with van der Waals surface area (Å²) in [6, 6.07) is 9.07. The van der Waals surface area contributed by atoms with Crippen LogP contribution < -0.4 is 15.2 Å². The number of methoxy groups -OCH3 is 1. The number of aromatic hydroxyl groups is 1. The molecule has 0 heterocycles. The summed E-state index contributed by atoms with van der Waals surface area (Å²) in [6.45, 7) is 0. The average Bonchev–Trinajstić information content (AvgIpc) is 2.62. The van der Waals surface area contributed by atoms with Crippen LogP contribution in [-0.4, -0.2) is 23.0 Å². The molecule has 0 atom stereocenters. The van der Waals surface area contributed by atoms with Crippen molar-refractivity contribution in [2.45, 2.75) is 0 Å². The van der Waals surface area contributed by atoms with E-state index in [9.17, 15) is 30.4 Å². The third kappa shape index (κ3) is 4.07. The van der Waals surface area contributed by atoms with E-state index in [0.717, 1.165) is 18.2 Å². The van der Waals surface area contributed by atoms with Gasteiger partial charge < -0.3 is 20.3 Å². The van der Waals surface area contributed by atoms with Crippen LogP contribution in [0, 0.1) is 21.4 Å². The average molecular weight is 354 g/mol. The van der Waals surface area contributed by atoms with E-state index in [1.165, 1.54) is 31.4 Å². The summed E-state index contributed by atoms with van der Waals surface area (Å²) in [4.78, 5) is 22.4. The molecule has 132 valence electrons. The molecule has 0 spiro atoms. The molecule has 2 rings (SSSR count). The number of nitro benzene ring substituents is 1. The zero-order valence-electron chi connectivity index (χ0n) is 13.4. The number of non-ortho nitro benzene ring substituents is 1. The van der Waals surface area contributed by atoms with Crippen molar-refractivity contribution in [3.8, 4) is 23.3 Å². The minimum atomic E-state index is -0.817. The van der Waals surface area contributed by atoms with Gasteiger partial charge in [-0.15, -0.1) is 0 Å². The third-order valence-electron chi connectivity index (χ3n) is 3.29. The van der Waals surface area contributed by atoms with Crippen molar-refractivity contribution in [3.63, 3.8) is 0 Å². The van der Waals surface area contributed by atoms with Crippen LogP contribution in [0.3, 0.4) is 0 Å². The summed E-state index contributed by atoms with van der Waals surface area (Å²) in [5, 5.41) is 44.0. The Morgan fingerprint density at radius 3 is 2.54 bits per heavy atom. The Hall–Kier alpha value is -4.06. The molecule has 0 unspecified atom stereocenters. The zero-order chi connectivity index (χ0) is 19.3. The number of anilines is 1. The van der Waals surface area contributed by atoms with Crippen LogP contribution in [0.1, 0.15) is 5.56 Å². The number of nitriles is 1. The summed E-state index contributed by atoms with van der Waals surface area (Å²) in [6.07, 6.45) is 0.952. The molecular weight excluding hydrogens is 342 g/mol. The maximum Gasteiger partial charge on any atom is 0.273 e. The maximum absolute atomic E-state index is 12.2. The SMILES string of the molecule is COc1cc([N+](=O)[O-])cc(/C=C(/C#N)C(=O)Nc2ccc(O)cc2)c1[O-]. The number of nitrogens with zero attached hydrogens (tertiary/aromatic N) is 2. The van der Waals surface area contributed by atoms with Crippen LogP contribution in [0.4, 0.5) is 11.4 Å². The fourth-order valence-electron chi connectivity index (χ4n) is 2.02. The zero-order valence-corrected chi connectivity index (χ0v) is 13.4. The van der Waals surface area contributed by atoms with Crippen LogP contribution in [-0.2, 0) is 4.79 Å². The number of phenolic OH excluding ortho intramolecular Hbond substituents is 1. The minimum absolute atomic E-state index is 0.00117. The van der Waals surface area contributed by atoms with Crippen molar-refractivity contribution in [2.75, 3.05) is 12.4 Å². The van der Waals surface area contributed by atoms with Gasteiger partial charge in [-0.05, 0) is 35.9 Å². The van der Waals surface area contributed by atoms with E-state index in [1.807, 2.05) is 0 Å². The molecule has 2 aromatic carbocycles. The Labute approximate surface area is 147 Å². The second-order valence-electron chi connectivity index (χ2n) is 4.99. The van der Waals surface area contributed by atoms with Crippen molar-refractivity contribution in [2.24, 2.45) is 0 Å². The predicted molar refractivity (Wildman–Crippen MR) is 89.4 cm³/mol. The van der Waals surface area contributed by atoms with Gasteiger partial charge in [-0.2, -0.15) is 5.26 Å². The number of benzene rings is 2. The normalized spacial score (nSPS) is 10.7. The first-order valence-electron chi connectivity index (χ1n) is 7.11. The summed E-state index contributed by atoms with van der Waals surface area (Å²) in [5.41, 5.74) is -0.761. The Morgan fingerprint density at radius 2 is 2.00 bits per heavy atom. The van der Waals surface area contributed by atoms with Gasteiger partial charge in [0, 0.05) is 11.8 Å². The van der Waals surface area contributed by atoms with Gasteiger partial charge in [0.05, 0.1) is 18.1 Å². The summed E-state index contributed by atoms with van der Waals surface area (Å²) >= 11 is 0. The van der Waals surface area contributed by atoms with Crippen molar-refractivity contribution in [1.29, 1.82) is 5.26 Å². The number of nitrogens with one attached hydrogen (secondary N) is 1. The molecule has 2 aromatic rings. The molecule has 9 heteroatoms. The van der Waals surface area contributed by atoms with E-state index in [2.05, 4.69) is 5.32 Å². The van der Waals surface area contributed by atoms with E-state index in [-0.39, 0.29) is 17.1 Å². The highest BCUT2D eigenvalue weighted by Gasteiger charge is 2.14. The first kappa shape index (κ1) is 18.3. The molecule has 9 nitrogen and oxygen atoms in total. The van der Waals surface area contributed by atoms with E-state index < -0.39 is 27.8 Å². The fourth-order valence-corrected chi connectivity index (χ4v) is 2.02.